The molecule has 0 saturated carbocycles. The van der Waals surface area contributed by atoms with Gasteiger partial charge in [0.05, 0.1) is 17.1 Å². The Morgan fingerprint density at radius 3 is 2.42 bits per heavy atom. The first kappa shape index (κ1) is 22.6. The van der Waals surface area contributed by atoms with Crippen molar-refractivity contribution in [2.24, 2.45) is 7.05 Å². The van der Waals surface area contributed by atoms with Gasteiger partial charge >= 0.3 is 6.01 Å². The van der Waals surface area contributed by atoms with E-state index in [1.807, 2.05) is 54.6 Å². The largest absolute Gasteiger partial charge is 0.423 e. The number of nitrogens with zero attached hydrogens (tertiary/aromatic N) is 5. The van der Waals surface area contributed by atoms with Gasteiger partial charge < -0.3 is 19.9 Å². The van der Waals surface area contributed by atoms with Crippen LogP contribution in [0.25, 0.3) is 10.9 Å². The lowest BCUT2D eigenvalue weighted by Gasteiger charge is -2.13. The van der Waals surface area contributed by atoms with Crippen LogP contribution >= 0.6 is 0 Å². The summed E-state index contributed by atoms with van der Waals surface area (Å²) in [7, 11) is 1.71. The van der Waals surface area contributed by atoms with E-state index in [1.54, 1.807) is 35.9 Å². The molecule has 0 aliphatic heterocycles. The van der Waals surface area contributed by atoms with E-state index in [9.17, 15) is 4.79 Å². The van der Waals surface area contributed by atoms with Crippen LogP contribution in [0.4, 0.5) is 17.6 Å². The molecule has 9 nitrogen and oxygen atoms in total. The number of aromatic nitrogens is 4. The van der Waals surface area contributed by atoms with Gasteiger partial charge in [-0.15, -0.1) is 0 Å². The molecule has 2 aromatic heterocycles. The number of hydrogen-bond acceptors (Lipinski definition) is 8. The molecule has 0 atom stereocenters. The van der Waals surface area contributed by atoms with Crippen LogP contribution in [0.2, 0.25) is 0 Å². The molecular formula is C27H21N7O2. The quantitative estimate of drug-likeness (QED) is 0.346. The molecule has 2 heterocycles. The Bertz CT molecular complexity index is 1630. The van der Waals surface area contributed by atoms with Gasteiger partial charge in [-0.1, -0.05) is 42.5 Å². The van der Waals surface area contributed by atoms with Crippen LogP contribution in [0, 0.1) is 11.3 Å². The normalized spacial score (nSPS) is 10.6. The molecule has 0 aliphatic rings. The zero-order valence-corrected chi connectivity index (χ0v) is 19.3. The van der Waals surface area contributed by atoms with Crippen LogP contribution in [0.15, 0.2) is 89.7 Å². The van der Waals surface area contributed by atoms with Crippen LogP contribution in [-0.4, -0.2) is 19.5 Å². The molecule has 0 aliphatic carbocycles. The van der Waals surface area contributed by atoms with Gasteiger partial charge in [-0.05, 0) is 42.0 Å². The maximum atomic E-state index is 12.5. The highest BCUT2D eigenvalue weighted by molar-refractivity contribution is 5.85. The lowest BCUT2D eigenvalue weighted by molar-refractivity contribution is 0.445. The second kappa shape index (κ2) is 9.95. The molecule has 0 unspecified atom stereocenters. The van der Waals surface area contributed by atoms with Crippen molar-refractivity contribution in [3.8, 4) is 17.8 Å². The Morgan fingerprint density at radius 2 is 1.64 bits per heavy atom. The van der Waals surface area contributed by atoms with Crippen LogP contribution in [0.5, 0.6) is 11.8 Å². The van der Waals surface area contributed by atoms with Crippen molar-refractivity contribution in [1.29, 1.82) is 5.26 Å². The minimum atomic E-state index is -0.212. The maximum Gasteiger partial charge on any atom is 0.328 e. The van der Waals surface area contributed by atoms with Crippen LogP contribution < -0.4 is 20.9 Å². The van der Waals surface area contributed by atoms with E-state index in [1.165, 1.54) is 6.07 Å². The Morgan fingerprint density at radius 1 is 0.917 bits per heavy atom. The summed E-state index contributed by atoms with van der Waals surface area (Å²) in [4.78, 5) is 25.8. The Kier molecular flexibility index (Phi) is 6.23. The van der Waals surface area contributed by atoms with E-state index in [-0.39, 0.29) is 17.5 Å². The number of hydrogen-bond donors (Lipinski definition) is 2. The number of anilines is 3. The van der Waals surface area contributed by atoms with Crippen molar-refractivity contribution in [1.82, 2.24) is 19.5 Å². The van der Waals surface area contributed by atoms with Crippen molar-refractivity contribution in [3.63, 3.8) is 0 Å². The number of nitriles is 1. The van der Waals surface area contributed by atoms with Crippen molar-refractivity contribution in [2.75, 3.05) is 10.6 Å². The second-order valence-corrected chi connectivity index (χ2v) is 7.94. The van der Waals surface area contributed by atoms with E-state index >= 15 is 0 Å². The fourth-order valence-corrected chi connectivity index (χ4v) is 3.63. The predicted molar refractivity (Wildman–Crippen MR) is 137 cm³/mol. The van der Waals surface area contributed by atoms with Gasteiger partial charge in [0.1, 0.15) is 5.75 Å². The van der Waals surface area contributed by atoms with Gasteiger partial charge in [0, 0.05) is 30.7 Å². The number of para-hydroxylation sites is 1. The van der Waals surface area contributed by atoms with E-state index in [2.05, 4.69) is 31.7 Å². The summed E-state index contributed by atoms with van der Waals surface area (Å²) in [5, 5.41) is 16.1. The Balaban J connectivity index is 1.50. The maximum absolute atomic E-state index is 12.5. The minimum absolute atomic E-state index is 0.0233. The molecule has 0 spiro atoms. The fourth-order valence-electron chi connectivity index (χ4n) is 3.63. The summed E-state index contributed by atoms with van der Waals surface area (Å²) in [5.41, 5.74) is 2.81. The molecule has 0 bridgehead atoms. The summed E-state index contributed by atoms with van der Waals surface area (Å²) in [6.45, 7) is 0.495. The zero-order valence-electron chi connectivity index (χ0n) is 19.3. The van der Waals surface area contributed by atoms with E-state index in [4.69, 9.17) is 10.00 Å². The number of aryl methyl sites for hydroxylation is 1. The molecule has 5 aromatic rings. The molecule has 0 radical (unpaired) electrons. The third-order valence-corrected chi connectivity index (χ3v) is 5.50. The SMILES string of the molecule is Cn1c(=O)cc(Oc2nc(NCc3ccccc3)nc(Nc3ccc(C#N)cc3)n2)c2ccccc21. The van der Waals surface area contributed by atoms with E-state index in [0.717, 1.165) is 16.5 Å². The first-order valence-electron chi connectivity index (χ1n) is 11.2. The highest BCUT2D eigenvalue weighted by atomic mass is 16.5. The number of rotatable bonds is 7. The molecule has 5 rings (SSSR count). The topological polar surface area (TPSA) is 118 Å². The standard InChI is InChI=1S/C27H21N7O2/c1-34-22-10-6-5-9-21(22)23(15-24(34)35)36-27-32-25(29-17-19-7-3-2-4-8-19)31-26(33-27)30-20-13-11-18(16-28)12-14-20/h2-15H,17H2,1H3,(H2,29,30,31,32,33). The molecular weight excluding hydrogens is 454 g/mol. The number of benzene rings is 3. The lowest BCUT2D eigenvalue weighted by atomic mass is 10.2. The molecule has 2 N–H and O–H groups in total. The summed E-state index contributed by atoms with van der Waals surface area (Å²) in [5.74, 6) is 0.889. The second-order valence-electron chi connectivity index (χ2n) is 7.94. The molecule has 9 heteroatoms. The summed E-state index contributed by atoms with van der Waals surface area (Å²) >= 11 is 0. The molecule has 176 valence electrons. The van der Waals surface area contributed by atoms with Gasteiger partial charge in [0.2, 0.25) is 11.9 Å². The van der Waals surface area contributed by atoms with Gasteiger partial charge in [0.15, 0.2) is 0 Å². The summed E-state index contributed by atoms with van der Waals surface area (Å²) in [6.07, 6.45) is 0. The van der Waals surface area contributed by atoms with Gasteiger partial charge in [-0.2, -0.15) is 20.2 Å². The summed E-state index contributed by atoms with van der Waals surface area (Å²) in [6, 6.07) is 27.7. The van der Waals surface area contributed by atoms with Crippen molar-refractivity contribution < 1.29 is 4.74 Å². The lowest BCUT2D eigenvalue weighted by Crippen LogP contribution is -2.16. The summed E-state index contributed by atoms with van der Waals surface area (Å²) < 4.78 is 7.59. The third kappa shape index (κ3) is 4.98. The first-order valence-corrected chi connectivity index (χ1v) is 11.2. The minimum Gasteiger partial charge on any atom is -0.423 e. The highest BCUT2D eigenvalue weighted by Crippen LogP contribution is 2.28. The van der Waals surface area contributed by atoms with Crippen molar-refractivity contribution in [2.45, 2.75) is 6.54 Å². The van der Waals surface area contributed by atoms with Crippen molar-refractivity contribution >= 4 is 28.5 Å². The Labute approximate surface area is 206 Å². The van der Waals surface area contributed by atoms with Crippen LogP contribution in [0.1, 0.15) is 11.1 Å². The molecule has 0 amide bonds. The number of pyridine rings is 1. The molecule has 0 fully saturated rings. The average molecular weight is 476 g/mol. The number of ether oxygens (including phenoxy) is 1. The van der Waals surface area contributed by atoms with Gasteiger partial charge in [-0.25, -0.2) is 0 Å². The van der Waals surface area contributed by atoms with Crippen LogP contribution in [0.3, 0.4) is 0 Å². The molecule has 3 aromatic carbocycles. The van der Waals surface area contributed by atoms with E-state index < -0.39 is 0 Å². The van der Waals surface area contributed by atoms with Gasteiger partial charge in [0.25, 0.3) is 5.56 Å². The number of nitrogens with one attached hydrogen (secondary N) is 2. The monoisotopic (exact) mass is 475 g/mol. The predicted octanol–water partition coefficient (Wildman–Crippen LogP) is 4.74. The van der Waals surface area contributed by atoms with E-state index in [0.29, 0.717) is 29.5 Å². The highest BCUT2D eigenvalue weighted by Gasteiger charge is 2.13. The molecule has 0 saturated heterocycles. The fraction of sp³-hybridized carbons (Fsp3) is 0.0741. The van der Waals surface area contributed by atoms with Gasteiger partial charge in [-0.3, -0.25) is 4.79 Å². The number of fused-ring (bicyclic) bond motifs is 1. The van der Waals surface area contributed by atoms with Crippen LogP contribution in [-0.2, 0) is 13.6 Å². The Hall–Kier alpha value is -5.23. The third-order valence-electron chi connectivity index (χ3n) is 5.50. The first-order chi connectivity index (χ1) is 17.6. The van der Waals surface area contributed by atoms with Crippen molar-refractivity contribution in [3.05, 3.63) is 106 Å². The molecule has 36 heavy (non-hydrogen) atoms. The zero-order chi connectivity index (χ0) is 24.9. The average Bonchev–Trinajstić information content (AvgIpc) is 2.91. The smallest absolute Gasteiger partial charge is 0.328 e.